The van der Waals surface area contributed by atoms with E-state index in [4.69, 9.17) is 23.2 Å². The zero-order valence-corrected chi connectivity index (χ0v) is 26.2. The summed E-state index contributed by atoms with van der Waals surface area (Å²) in [7, 11) is -4.19. The van der Waals surface area contributed by atoms with Gasteiger partial charge in [0, 0.05) is 18.2 Å². The number of fused-ring (bicyclic) bond motifs is 3. The second-order valence-electron chi connectivity index (χ2n) is 10.1. The summed E-state index contributed by atoms with van der Waals surface area (Å²) < 4.78 is 29.7. The fraction of sp³-hybridized carbons (Fsp3) is 0.333. The predicted octanol–water partition coefficient (Wildman–Crippen LogP) is 5.44. The van der Waals surface area contributed by atoms with Crippen molar-refractivity contribution in [2.24, 2.45) is 0 Å². The van der Waals surface area contributed by atoms with Crippen LogP contribution >= 0.6 is 35.6 Å². The van der Waals surface area contributed by atoms with E-state index in [1.54, 1.807) is 12.1 Å². The van der Waals surface area contributed by atoms with Crippen LogP contribution in [0.4, 0.5) is 5.69 Å². The average molecular weight is 652 g/mol. The number of para-hydroxylation sites is 1. The Labute approximate surface area is 262 Å². The number of carbonyl (C=O) groups excluding carboxylic acids is 2. The molecular weight excluding hydrogens is 619 g/mol. The van der Waals surface area contributed by atoms with Gasteiger partial charge in [0.2, 0.25) is 11.8 Å². The largest absolute Gasteiger partial charge is 0.347 e. The van der Waals surface area contributed by atoms with Gasteiger partial charge in [-0.05, 0) is 68.2 Å². The van der Waals surface area contributed by atoms with Gasteiger partial charge in [0.1, 0.15) is 0 Å². The Kier molecular flexibility index (Phi) is 10.4. The normalized spacial score (nSPS) is 16.5. The number of benzene rings is 3. The van der Waals surface area contributed by atoms with Gasteiger partial charge in [-0.3, -0.25) is 13.9 Å². The highest BCUT2D eigenvalue weighted by molar-refractivity contribution is 7.92. The number of hydrogen-bond donors (Lipinski definition) is 2. The number of halogens is 3. The molecule has 224 valence electrons. The number of piperidine rings is 1. The molecule has 42 heavy (non-hydrogen) atoms. The molecule has 0 spiro atoms. The van der Waals surface area contributed by atoms with Crippen LogP contribution in [0.15, 0.2) is 71.6 Å². The molecule has 12 heteroatoms. The van der Waals surface area contributed by atoms with Crippen molar-refractivity contribution >= 4 is 63.1 Å². The highest BCUT2D eigenvalue weighted by atomic mass is 35.5. The van der Waals surface area contributed by atoms with Gasteiger partial charge in [0.15, 0.2) is 0 Å². The molecule has 2 N–H and O–H groups in total. The second-order valence-corrected chi connectivity index (χ2v) is 12.8. The van der Waals surface area contributed by atoms with Gasteiger partial charge in [-0.25, -0.2) is 8.42 Å². The van der Waals surface area contributed by atoms with E-state index in [-0.39, 0.29) is 52.3 Å². The summed E-state index contributed by atoms with van der Waals surface area (Å²) >= 11 is 12.3. The van der Waals surface area contributed by atoms with Gasteiger partial charge >= 0.3 is 0 Å². The first-order valence-electron chi connectivity index (χ1n) is 13.7. The standard InChI is InChI=1S/C30H32Cl2N4O4S.ClH/c1-2-35(20-13-15-33-16-14-20)30(38)19-34-29(37)18-28-24-9-4-3-7-22(24)23-8-5-6-10-27(23)36(28)41(39,40)21-11-12-25(31)26(32)17-21;/h3-12,17,20,28,33H,2,13-16,18-19H2,1H3,(H,34,37);1H. The summed E-state index contributed by atoms with van der Waals surface area (Å²) in [6.45, 7) is 4.05. The number of rotatable bonds is 8. The number of nitrogens with zero attached hydrogens (tertiary/aromatic N) is 2. The number of anilines is 1. The van der Waals surface area contributed by atoms with E-state index in [0.29, 0.717) is 17.8 Å². The highest BCUT2D eigenvalue weighted by Gasteiger charge is 2.40. The lowest BCUT2D eigenvalue weighted by Crippen LogP contribution is -2.49. The Morgan fingerprint density at radius 1 is 0.976 bits per heavy atom. The smallest absolute Gasteiger partial charge is 0.264 e. The van der Waals surface area contributed by atoms with Crippen LogP contribution in [0.2, 0.25) is 10.0 Å². The molecule has 3 aromatic carbocycles. The topological polar surface area (TPSA) is 98.8 Å². The molecule has 5 rings (SSSR count). The van der Waals surface area contributed by atoms with E-state index in [0.717, 1.165) is 37.1 Å². The molecule has 8 nitrogen and oxygen atoms in total. The Bertz CT molecular complexity index is 1560. The van der Waals surface area contributed by atoms with E-state index in [9.17, 15) is 18.0 Å². The van der Waals surface area contributed by atoms with E-state index < -0.39 is 22.0 Å². The fourth-order valence-electron chi connectivity index (χ4n) is 5.74. The molecule has 2 aliphatic rings. The van der Waals surface area contributed by atoms with Gasteiger partial charge in [-0.15, -0.1) is 12.4 Å². The first-order chi connectivity index (χ1) is 19.7. The van der Waals surface area contributed by atoms with E-state index in [1.165, 1.54) is 22.5 Å². The number of amides is 2. The first kappa shape index (κ1) is 32.1. The molecule has 0 aliphatic carbocycles. The van der Waals surface area contributed by atoms with Crippen molar-refractivity contribution in [3.05, 3.63) is 82.3 Å². The number of carbonyl (C=O) groups is 2. The van der Waals surface area contributed by atoms with Crippen LogP contribution in [0, 0.1) is 0 Å². The van der Waals surface area contributed by atoms with Crippen molar-refractivity contribution in [1.82, 2.24) is 15.5 Å². The third-order valence-corrected chi connectivity index (χ3v) is 10.3. The van der Waals surface area contributed by atoms with Gasteiger partial charge < -0.3 is 15.5 Å². The maximum atomic E-state index is 14.2. The quantitative estimate of drug-likeness (QED) is 0.338. The monoisotopic (exact) mass is 650 g/mol. The van der Waals surface area contributed by atoms with Gasteiger partial charge in [-0.1, -0.05) is 65.7 Å². The summed E-state index contributed by atoms with van der Waals surface area (Å²) in [5, 5.41) is 6.41. The second kappa shape index (κ2) is 13.7. The average Bonchev–Trinajstić information content (AvgIpc) is 2.98. The van der Waals surface area contributed by atoms with Crippen molar-refractivity contribution in [1.29, 1.82) is 0 Å². The van der Waals surface area contributed by atoms with Crippen molar-refractivity contribution < 1.29 is 18.0 Å². The van der Waals surface area contributed by atoms with Crippen molar-refractivity contribution in [2.75, 3.05) is 30.5 Å². The van der Waals surface area contributed by atoms with E-state index >= 15 is 0 Å². The number of nitrogens with one attached hydrogen (secondary N) is 2. The maximum absolute atomic E-state index is 14.2. The van der Waals surface area contributed by atoms with E-state index in [1.807, 2.05) is 48.2 Å². The first-order valence-corrected chi connectivity index (χ1v) is 15.9. The third kappa shape index (κ3) is 6.40. The molecule has 0 radical (unpaired) electrons. The van der Waals surface area contributed by atoms with Crippen LogP contribution < -0.4 is 14.9 Å². The summed E-state index contributed by atoms with van der Waals surface area (Å²) in [6, 6.07) is 18.1. The van der Waals surface area contributed by atoms with Crippen LogP contribution in [0.3, 0.4) is 0 Å². The maximum Gasteiger partial charge on any atom is 0.264 e. The molecular formula is C30H33Cl3N4O4S. The molecule has 0 bridgehead atoms. The number of hydrogen-bond acceptors (Lipinski definition) is 5. The molecule has 0 saturated carbocycles. The van der Waals surface area contributed by atoms with Crippen molar-refractivity contribution in [2.45, 2.75) is 43.2 Å². The Morgan fingerprint density at radius 3 is 2.33 bits per heavy atom. The predicted molar refractivity (Wildman–Crippen MR) is 169 cm³/mol. The Hall–Kier alpha value is -2.82. The highest BCUT2D eigenvalue weighted by Crippen LogP contribution is 2.48. The summed E-state index contributed by atoms with van der Waals surface area (Å²) in [6.07, 6.45) is 1.55. The van der Waals surface area contributed by atoms with Gasteiger partial charge in [-0.2, -0.15) is 0 Å². The number of likely N-dealkylation sites (N-methyl/N-ethyl adjacent to an activating group) is 1. The molecule has 2 heterocycles. The molecule has 1 atom stereocenters. The lowest BCUT2D eigenvalue weighted by molar-refractivity contribution is -0.135. The minimum Gasteiger partial charge on any atom is -0.347 e. The SMILES string of the molecule is CCN(C(=O)CNC(=O)CC1c2ccccc2-c2ccccc2N1S(=O)(=O)c1ccc(Cl)c(Cl)c1)C1CCNCC1.Cl. The van der Waals surface area contributed by atoms with Crippen LogP contribution in [-0.4, -0.2) is 57.4 Å². The van der Waals surface area contributed by atoms with Crippen LogP contribution in [0.5, 0.6) is 0 Å². The zero-order valence-electron chi connectivity index (χ0n) is 23.1. The summed E-state index contributed by atoms with van der Waals surface area (Å²) in [5.41, 5.74) is 2.73. The minimum absolute atomic E-state index is 0. The van der Waals surface area contributed by atoms with Gasteiger partial charge in [0.25, 0.3) is 10.0 Å². The molecule has 3 aromatic rings. The Balaban J connectivity index is 0.00000405. The zero-order chi connectivity index (χ0) is 29.1. The Morgan fingerprint density at radius 2 is 1.64 bits per heavy atom. The van der Waals surface area contributed by atoms with E-state index in [2.05, 4.69) is 10.6 Å². The third-order valence-electron chi connectivity index (χ3n) is 7.71. The molecule has 1 fully saturated rings. The van der Waals surface area contributed by atoms with Gasteiger partial charge in [0.05, 0.1) is 39.6 Å². The molecule has 2 aliphatic heterocycles. The lowest BCUT2D eigenvalue weighted by Gasteiger charge is -2.39. The van der Waals surface area contributed by atoms with Crippen LogP contribution in [0.25, 0.3) is 11.1 Å². The summed E-state index contributed by atoms with van der Waals surface area (Å²) in [4.78, 5) is 28.2. The molecule has 0 aromatic heterocycles. The number of sulfonamides is 1. The van der Waals surface area contributed by atoms with Crippen LogP contribution in [-0.2, 0) is 19.6 Å². The summed E-state index contributed by atoms with van der Waals surface area (Å²) in [5.74, 6) is -0.573. The fourth-order valence-corrected chi connectivity index (χ4v) is 7.78. The lowest BCUT2D eigenvalue weighted by atomic mass is 9.88. The molecule has 1 saturated heterocycles. The van der Waals surface area contributed by atoms with Crippen molar-refractivity contribution in [3.8, 4) is 11.1 Å². The molecule has 1 unspecified atom stereocenters. The van der Waals surface area contributed by atoms with Crippen LogP contribution in [0.1, 0.15) is 37.8 Å². The molecule has 2 amide bonds. The minimum atomic E-state index is -4.19. The van der Waals surface area contributed by atoms with Crippen molar-refractivity contribution in [3.63, 3.8) is 0 Å².